The van der Waals surface area contributed by atoms with Gasteiger partial charge in [-0.05, 0) is 43.6 Å². The maximum absolute atomic E-state index is 13.0. The first-order valence-electron chi connectivity index (χ1n) is 7.18. The maximum Gasteiger partial charge on any atom is 0.253 e. The fourth-order valence-electron chi connectivity index (χ4n) is 2.65. The molecular weight excluding hydrogens is 305 g/mol. The summed E-state index contributed by atoms with van der Waals surface area (Å²) in [5.74, 6) is -0.363. The monoisotopic (exact) mass is 323 g/mol. The average molecular weight is 324 g/mol. The number of nitrogens with one attached hydrogen (secondary N) is 3. The number of piperidine rings is 1. The number of aromatic nitrogens is 1. The van der Waals surface area contributed by atoms with Crippen LogP contribution in [-0.4, -0.2) is 30.0 Å². The van der Waals surface area contributed by atoms with E-state index in [9.17, 15) is 9.18 Å². The van der Waals surface area contributed by atoms with Crippen molar-refractivity contribution in [2.24, 2.45) is 0 Å². The van der Waals surface area contributed by atoms with Crippen LogP contribution in [0.4, 0.5) is 4.39 Å². The van der Waals surface area contributed by atoms with Gasteiger partial charge in [-0.15, -0.1) is 12.4 Å². The summed E-state index contributed by atoms with van der Waals surface area (Å²) in [5, 5.41) is 6.34. The molecule has 118 valence electrons. The Morgan fingerprint density at radius 3 is 2.50 bits per heavy atom. The fraction of sp³-hybridized carbons (Fsp3) is 0.312. The van der Waals surface area contributed by atoms with Gasteiger partial charge in [0.15, 0.2) is 0 Å². The van der Waals surface area contributed by atoms with E-state index < -0.39 is 0 Å². The van der Waals surface area contributed by atoms with Crippen LogP contribution in [0.25, 0.3) is 11.1 Å². The molecule has 0 spiro atoms. The van der Waals surface area contributed by atoms with Gasteiger partial charge >= 0.3 is 0 Å². The van der Waals surface area contributed by atoms with Crippen molar-refractivity contribution in [2.45, 2.75) is 18.9 Å². The molecule has 0 unspecified atom stereocenters. The highest BCUT2D eigenvalue weighted by Gasteiger charge is 2.19. The fourth-order valence-corrected chi connectivity index (χ4v) is 2.65. The summed E-state index contributed by atoms with van der Waals surface area (Å²) >= 11 is 0. The smallest absolute Gasteiger partial charge is 0.253 e. The van der Waals surface area contributed by atoms with E-state index in [4.69, 9.17) is 0 Å². The van der Waals surface area contributed by atoms with Crippen LogP contribution in [0, 0.1) is 5.82 Å². The standard InChI is InChI=1S/C16H18FN3O.ClH/c17-12-3-1-11(2-4-12)14-9-19-10-15(14)16(21)20-13-5-7-18-8-6-13;/h1-4,9-10,13,18-19H,5-8H2,(H,20,21);1H. The Morgan fingerprint density at radius 1 is 1.14 bits per heavy atom. The van der Waals surface area contributed by atoms with E-state index in [2.05, 4.69) is 15.6 Å². The Labute approximate surface area is 134 Å². The molecule has 22 heavy (non-hydrogen) atoms. The first-order chi connectivity index (χ1) is 10.2. The molecule has 2 heterocycles. The van der Waals surface area contributed by atoms with Gasteiger partial charge in [-0.25, -0.2) is 4.39 Å². The zero-order valence-electron chi connectivity index (χ0n) is 12.1. The molecule has 1 amide bonds. The van der Waals surface area contributed by atoms with Crippen LogP contribution in [0.5, 0.6) is 0 Å². The van der Waals surface area contributed by atoms with Crippen LogP contribution in [0.3, 0.4) is 0 Å². The van der Waals surface area contributed by atoms with Gasteiger partial charge < -0.3 is 15.6 Å². The summed E-state index contributed by atoms with van der Waals surface area (Å²) in [6.07, 6.45) is 5.35. The molecule has 0 saturated carbocycles. The lowest BCUT2D eigenvalue weighted by molar-refractivity contribution is 0.0930. The third kappa shape index (κ3) is 3.67. The number of rotatable bonds is 3. The van der Waals surface area contributed by atoms with Crippen LogP contribution in [0.2, 0.25) is 0 Å². The SMILES string of the molecule is Cl.O=C(NC1CCNCC1)c1c[nH]cc1-c1ccc(F)cc1. The van der Waals surface area contributed by atoms with Crippen molar-refractivity contribution < 1.29 is 9.18 Å². The van der Waals surface area contributed by atoms with E-state index in [1.165, 1.54) is 12.1 Å². The Kier molecular flexibility index (Phi) is 5.57. The number of carbonyl (C=O) groups excluding carboxylic acids is 1. The van der Waals surface area contributed by atoms with E-state index in [1.54, 1.807) is 24.5 Å². The predicted molar refractivity (Wildman–Crippen MR) is 86.8 cm³/mol. The average Bonchev–Trinajstić information content (AvgIpc) is 2.98. The van der Waals surface area contributed by atoms with E-state index in [0.717, 1.165) is 37.1 Å². The maximum atomic E-state index is 13.0. The molecule has 1 saturated heterocycles. The van der Waals surface area contributed by atoms with E-state index in [0.29, 0.717) is 5.56 Å². The van der Waals surface area contributed by atoms with E-state index in [-0.39, 0.29) is 30.2 Å². The molecule has 1 aliphatic rings. The second-order valence-electron chi connectivity index (χ2n) is 5.29. The van der Waals surface area contributed by atoms with Gasteiger partial charge in [-0.3, -0.25) is 4.79 Å². The van der Waals surface area contributed by atoms with Crippen molar-refractivity contribution in [2.75, 3.05) is 13.1 Å². The Hall–Kier alpha value is -1.85. The highest BCUT2D eigenvalue weighted by molar-refractivity contribution is 6.00. The molecule has 0 radical (unpaired) electrons. The molecule has 4 nitrogen and oxygen atoms in total. The van der Waals surface area contributed by atoms with Crippen molar-refractivity contribution in [1.82, 2.24) is 15.6 Å². The van der Waals surface area contributed by atoms with Crippen LogP contribution < -0.4 is 10.6 Å². The molecule has 1 aromatic heterocycles. The van der Waals surface area contributed by atoms with E-state index >= 15 is 0 Å². The molecule has 0 atom stereocenters. The lowest BCUT2D eigenvalue weighted by atomic mass is 10.0. The molecular formula is C16H19ClFN3O. The van der Waals surface area contributed by atoms with Crippen LogP contribution in [0.15, 0.2) is 36.7 Å². The van der Waals surface area contributed by atoms with Crippen molar-refractivity contribution >= 4 is 18.3 Å². The molecule has 3 N–H and O–H groups in total. The van der Waals surface area contributed by atoms with Gasteiger partial charge in [0.25, 0.3) is 5.91 Å². The Morgan fingerprint density at radius 2 is 1.82 bits per heavy atom. The van der Waals surface area contributed by atoms with Gasteiger partial charge in [0, 0.05) is 24.0 Å². The normalized spacial score (nSPS) is 15.1. The van der Waals surface area contributed by atoms with Crippen molar-refractivity contribution in [3.8, 4) is 11.1 Å². The molecule has 1 fully saturated rings. The number of amides is 1. The number of hydrogen-bond donors (Lipinski definition) is 3. The van der Waals surface area contributed by atoms with E-state index in [1.807, 2.05) is 0 Å². The van der Waals surface area contributed by atoms with Crippen molar-refractivity contribution in [3.63, 3.8) is 0 Å². The van der Waals surface area contributed by atoms with Gasteiger partial charge in [0.2, 0.25) is 0 Å². The molecule has 6 heteroatoms. The highest BCUT2D eigenvalue weighted by Crippen LogP contribution is 2.24. The molecule has 0 bridgehead atoms. The van der Waals surface area contributed by atoms with Gasteiger partial charge in [-0.1, -0.05) is 12.1 Å². The van der Waals surface area contributed by atoms with Crippen LogP contribution in [-0.2, 0) is 0 Å². The van der Waals surface area contributed by atoms with Crippen LogP contribution >= 0.6 is 12.4 Å². The Bertz CT molecular complexity index is 621. The number of H-pyrrole nitrogens is 1. The lowest BCUT2D eigenvalue weighted by Gasteiger charge is -2.23. The molecule has 1 aromatic carbocycles. The lowest BCUT2D eigenvalue weighted by Crippen LogP contribution is -2.42. The van der Waals surface area contributed by atoms with Crippen molar-refractivity contribution in [3.05, 3.63) is 48.0 Å². The minimum Gasteiger partial charge on any atom is -0.366 e. The summed E-state index contributed by atoms with van der Waals surface area (Å²) in [6, 6.07) is 6.38. The molecule has 1 aliphatic heterocycles. The van der Waals surface area contributed by atoms with Crippen LogP contribution in [0.1, 0.15) is 23.2 Å². The quantitative estimate of drug-likeness (QED) is 0.813. The number of aromatic amines is 1. The summed E-state index contributed by atoms with van der Waals surface area (Å²) in [4.78, 5) is 15.4. The minimum absolute atomic E-state index is 0. The predicted octanol–water partition coefficient (Wildman–Crippen LogP) is 2.72. The third-order valence-corrected chi connectivity index (χ3v) is 3.82. The first kappa shape index (κ1) is 16.5. The summed E-state index contributed by atoms with van der Waals surface area (Å²) in [6.45, 7) is 1.87. The van der Waals surface area contributed by atoms with Gasteiger partial charge in [0.1, 0.15) is 5.82 Å². The Balaban J connectivity index is 0.00000176. The topological polar surface area (TPSA) is 56.9 Å². The summed E-state index contributed by atoms with van der Waals surface area (Å²) < 4.78 is 13.0. The van der Waals surface area contributed by atoms with Crippen molar-refractivity contribution in [1.29, 1.82) is 0 Å². The summed E-state index contributed by atoms with van der Waals surface area (Å²) in [7, 11) is 0. The second kappa shape index (κ2) is 7.42. The number of carbonyl (C=O) groups is 1. The summed E-state index contributed by atoms with van der Waals surface area (Å²) in [5.41, 5.74) is 2.22. The number of halogens is 2. The molecule has 0 aliphatic carbocycles. The molecule has 3 rings (SSSR count). The van der Waals surface area contributed by atoms with Gasteiger partial charge in [-0.2, -0.15) is 0 Å². The highest BCUT2D eigenvalue weighted by atomic mass is 35.5. The zero-order chi connectivity index (χ0) is 14.7. The first-order valence-corrected chi connectivity index (χ1v) is 7.18. The van der Waals surface area contributed by atoms with Gasteiger partial charge in [0.05, 0.1) is 5.56 Å². The molecule has 2 aromatic rings. The number of hydrogen-bond acceptors (Lipinski definition) is 2. The number of benzene rings is 1. The largest absolute Gasteiger partial charge is 0.366 e. The zero-order valence-corrected chi connectivity index (χ0v) is 12.9. The third-order valence-electron chi connectivity index (χ3n) is 3.82. The minimum atomic E-state index is -0.282. The second-order valence-corrected chi connectivity index (χ2v) is 5.29.